The molecule has 0 aliphatic heterocycles. The van der Waals surface area contributed by atoms with Crippen LogP contribution < -0.4 is 5.32 Å². The number of hydrogen-bond donors (Lipinski definition) is 1. The van der Waals surface area contributed by atoms with Crippen molar-refractivity contribution >= 4 is 0 Å². The van der Waals surface area contributed by atoms with Gasteiger partial charge in [-0.3, -0.25) is 0 Å². The molecule has 2 rings (SSSR count). The number of halogens is 1. The Morgan fingerprint density at radius 1 is 1.29 bits per heavy atom. The molecule has 1 aromatic heterocycles. The lowest BCUT2D eigenvalue weighted by atomic mass is 10.1. The van der Waals surface area contributed by atoms with E-state index in [1.54, 1.807) is 18.2 Å². The Morgan fingerprint density at radius 2 is 2.06 bits per heavy atom. The van der Waals surface area contributed by atoms with Crippen LogP contribution >= 0.6 is 0 Å². The zero-order chi connectivity index (χ0) is 12.3. The largest absolute Gasteiger partial charge is 0.311 e. The van der Waals surface area contributed by atoms with Gasteiger partial charge < -0.3 is 5.32 Å². The fourth-order valence-electron chi connectivity index (χ4n) is 1.43. The fourth-order valence-corrected chi connectivity index (χ4v) is 1.43. The highest BCUT2D eigenvalue weighted by Gasteiger charge is 2.11. The van der Waals surface area contributed by atoms with Crippen LogP contribution in [0.25, 0.3) is 11.3 Å². The van der Waals surface area contributed by atoms with Crippen LogP contribution in [0, 0.1) is 5.82 Å². The summed E-state index contributed by atoms with van der Waals surface area (Å²) in [5.74, 6) is 0.240. The summed E-state index contributed by atoms with van der Waals surface area (Å²) in [6.07, 6.45) is 1.46. The third kappa shape index (κ3) is 2.45. The van der Waals surface area contributed by atoms with E-state index in [-0.39, 0.29) is 11.9 Å². The van der Waals surface area contributed by atoms with Gasteiger partial charge in [-0.2, -0.15) is 5.10 Å². The van der Waals surface area contributed by atoms with Gasteiger partial charge in [-0.1, -0.05) is 12.1 Å². The number of aromatic nitrogens is 3. The van der Waals surface area contributed by atoms with Crippen molar-refractivity contribution in [3.05, 3.63) is 42.1 Å². The molecule has 0 bridgehead atoms. The molecule has 4 nitrogen and oxygen atoms in total. The fraction of sp³-hybridized carbons (Fsp3) is 0.250. The molecule has 0 aliphatic carbocycles. The lowest BCUT2D eigenvalue weighted by molar-refractivity contribution is 0.595. The molecular weight excluding hydrogens is 219 g/mol. The average molecular weight is 232 g/mol. The lowest BCUT2D eigenvalue weighted by Crippen LogP contribution is -2.16. The highest BCUT2D eigenvalue weighted by Crippen LogP contribution is 2.20. The summed E-state index contributed by atoms with van der Waals surface area (Å²) in [6, 6.07) is 6.46. The van der Waals surface area contributed by atoms with Crippen molar-refractivity contribution in [1.82, 2.24) is 20.5 Å². The van der Waals surface area contributed by atoms with Gasteiger partial charge in [0.1, 0.15) is 5.82 Å². The van der Waals surface area contributed by atoms with Crippen molar-refractivity contribution in [3.63, 3.8) is 0 Å². The van der Waals surface area contributed by atoms with Crippen molar-refractivity contribution in [2.45, 2.75) is 13.0 Å². The molecule has 2 aromatic rings. The summed E-state index contributed by atoms with van der Waals surface area (Å²) in [5.41, 5.74) is 0.933. The minimum atomic E-state index is -0.309. The Morgan fingerprint density at radius 3 is 2.76 bits per heavy atom. The van der Waals surface area contributed by atoms with Crippen LogP contribution in [-0.4, -0.2) is 22.2 Å². The maximum atomic E-state index is 13.6. The molecule has 1 heterocycles. The molecule has 0 fully saturated rings. The molecule has 0 amide bonds. The summed E-state index contributed by atoms with van der Waals surface area (Å²) in [5, 5.41) is 10.8. The molecule has 1 N–H and O–H groups in total. The first-order valence-corrected chi connectivity index (χ1v) is 5.34. The highest BCUT2D eigenvalue weighted by atomic mass is 19.1. The van der Waals surface area contributed by atoms with Crippen LogP contribution in [0.3, 0.4) is 0 Å². The second-order valence-electron chi connectivity index (χ2n) is 3.69. The average Bonchev–Trinajstić information content (AvgIpc) is 2.38. The van der Waals surface area contributed by atoms with Gasteiger partial charge in [0.05, 0.1) is 17.9 Å². The second-order valence-corrected chi connectivity index (χ2v) is 3.69. The van der Waals surface area contributed by atoms with Crippen molar-refractivity contribution in [1.29, 1.82) is 0 Å². The molecule has 1 aromatic carbocycles. The lowest BCUT2D eigenvalue weighted by Gasteiger charge is -2.09. The van der Waals surface area contributed by atoms with Gasteiger partial charge in [0.15, 0.2) is 5.82 Å². The van der Waals surface area contributed by atoms with E-state index in [9.17, 15) is 4.39 Å². The third-order valence-electron chi connectivity index (χ3n) is 2.55. The number of hydrogen-bond acceptors (Lipinski definition) is 4. The summed E-state index contributed by atoms with van der Waals surface area (Å²) < 4.78 is 13.6. The van der Waals surface area contributed by atoms with E-state index in [1.165, 1.54) is 12.3 Å². The zero-order valence-electron chi connectivity index (χ0n) is 9.68. The van der Waals surface area contributed by atoms with Crippen molar-refractivity contribution in [3.8, 4) is 11.3 Å². The Hall–Kier alpha value is -1.88. The van der Waals surface area contributed by atoms with E-state index >= 15 is 0 Å². The quantitative estimate of drug-likeness (QED) is 0.878. The smallest absolute Gasteiger partial charge is 0.168 e. The highest BCUT2D eigenvalue weighted by molar-refractivity contribution is 5.58. The Labute approximate surface area is 98.9 Å². The van der Waals surface area contributed by atoms with Crippen LogP contribution in [0.2, 0.25) is 0 Å². The molecule has 0 saturated carbocycles. The molecule has 88 valence electrons. The Balaban J connectivity index is 2.43. The van der Waals surface area contributed by atoms with Gasteiger partial charge in [-0.05, 0) is 26.1 Å². The first-order valence-electron chi connectivity index (χ1n) is 5.34. The van der Waals surface area contributed by atoms with Crippen LogP contribution in [0.5, 0.6) is 0 Å². The van der Waals surface area contributed by atoms with E-state index in [0.717, 1.165) is 0 Å². The topological polar surface area (TPSA) is 50.7 Å². The Bertz CT molecular complexity index is 515. The van der Waals surface area contributed by atoms with Gasteiger partial charge in [-0.25, -0.2) is 9.37 Å². The van der Waals surface area contributed by atoms with E-state index in [0.29, 0.717) is 17.1 Å². The molecule has 5 heteroatoms. The molecule has 0 aliphatic rings. The van der Waals surface area contributed by atoms with E-state index in [1.807, 2.05) is 14.0 Å². The van der Waals surface area contributed by atoms with Crippen LogP contribution in [0.1, 0.15) is 18.8 Å². The van der Waals surface area contributed by atoms with E-state index < -0.39 is 0 Å². The van der Waals surface area contributed by atoms with Crippen molar-refractivity contribution in [2.24, 2.45) is 0 Å². The second kappa shape index (κ2) is 4.97. The van der Waals surface area contributed by atoms with Crippen molar-refractivity contribution in [2.75, 3.05) is 7.05 Å². The normalized spacial score (nSPS) is 12.4. The van der Waals surface area contributed by atoms with Crippen LogP contribution in [0.4, 0.5) is 4.39 Å². The van der Waals surface area contributed by atoms with E-state index in [2.05, 4.69) is 20.5 Å². The number of benzene rings is 1. The van der Waals surface area contributed by atoms with Gasteiger partial charge >= 0.3 is 0 Å². The monoisotopic (exact) mass is 232 g/mol. The third-order valence-corrected chi connectivity index (χ3v) is 2.55. The number of nitrogens with zero attached hydrogens (tertiary/aromatic N) is 3. The summed E-state index contributed by atoms with van der Waals surface area (Å²) in [4.78, 5) is 4.30. The van der Waals surface area contributed by atoms with Crippen LogP contribution in [0.15, 0.2) is 30.5 Å². The predicted octanol–water partition coefficient (Wildman–Crippen LogP) is 1.96. The molecule has 1 unspecified atom stereocenters. The number of nitrogens with one attached hydrogen (secondary N) is 1. The van der Waals surface area contributed by atoms with Gasteiger partial charge in [0, 0.05) is 5.56 Å². The van der Waals surface area contributed by atoms with Crippen LogP contribution in [-0.2, 0) is 0 Å². The number of rotatable bonds is 3. The maximum Gasteiger partial charge on any atom is 0.168 e. The maximum absolute atomic E-state index is 13.6. The summed E-state index contributed by atoms with van der Waals surface area (Å²) in [7, 11) is 1.81. The molecule has 0 spiro atoms. The van der Waals surface area contributed by atoms with Gasteiger partial charge in [0.25, 0.3) is 0 Å². The summed E-state index contributed by atoms with van der Waals surface area (Å²) >= 11 is 0. The first kappa shape index (κ1) is 11.6. The van der Waals surface area contributed by atoms with Gasteiger partial charge in [-0.15, -0.1) is 5.10 Å². The molecule has 1 atom stereocenters. The first-order chi connectivity index (χ1) is 8.22. The minimum absolute atomic E-state index is 0.0192. The molecular formula is C12H13FN4. The van der Waals surface area contributed by atoms with E-state index in [4.69, 9.17) is 0 Å². The summed E-state index contributed by atoms with van der Waals surface area (Å²) in [6.45, 7) is 1.92. The standard InChI is InChI=1S/C12H13FN4/c1-8(14-2)12-16-11(7-15-17-12)9-5-3-4-6-10(9)13/h3-8,14H,1-2H3. The minimum Gasteiger partial charge on any atom is -0.311 e. The van der Waals surface area contributed by atoms with Crippen molar-refractivity contribution < 1.29 is 4.39 Å². The molecule has 0 radical (unpaired) electrons. The van der Waals surface area contributed by atoms with Gasteiger partial charge in [0.2, 0.25) is 0 Å². The predicted molar refractivity (Wildman–Crippen MR) is 62.7 cm³/mol. The Kier molecular flexibility index (Phi) is 3.39. The zero-order valence-corrected chi connectivity index (χ0v) is 9.68. The molecule has 17 heavy (non-hydrogen) atoms. The SMILES string of the molecule is CNC(C)c1nncc(-c2ccccc2F)n1. The molecule has 0 saturated heterocycles.